The van der Waals surface area contributed by atoms with Gasteiger partial charge in [-0.15, -0.1) is 0 Å². The minimum Gasteiger partial charge on any atom is -0.432 e. The molecule has 1 aromatic carbocycles. The van der Waals surface area contributed by atoms with Gasteiger partial charge in [-0.1, -0.05) is 37.0 Å². The van der Waals surface area contributed by atoms with Crippen molar-refractivity contribution in [2.45, 2.75) is 39.3 Å². The summed E-state index contributed by atoms with van der Waals surface area (Å²) in [6.45, 7) is 1.48. The van der Waals surface area contributed by atoms with Crippen LogP contribution in [0.2, 0.25) is 10.0 Å². The van der Waals surface area contributed by atoms with E-state index in [9.17, 15) is 8.78 Å². The Morgan fingerprint density at radius 1 is 1.20 bits per heavy atom. The topological polar surface area (TPSA) is 21.3 Å². The van der Waals surface area contributed by atoms with Gasteiger partial charge in [-0.05, 0) is 36.8 Å². The molecular weight excluding hydrogens is 307 g/mol. The van der Waals surface area contributed by atoms with Gasteiger partial charge < -0.3 is 10.1 Å². The Balaban J connectivity index is 2.00. The molecule has 0 saturated heterocycles. The molecule has 0 heterocycles. The molecule has 1 saturated carbocycles. The van der Waals surface area contributed by atoms with Gasteiger partial charge in [0.1, 0.15) is 0 Å². The van der Waals surface area contributed by atoms with Gasteiger partial charge in [-0.3, -0.25) is 0 Å². The van der Waals surface area contributed by atoms with E-state index in [4.69, 9.17) is 23.2 Å². The van der Waals surface area contributed by atoms with Gasteiger partial charge in [0, 0.05) is 11.7 Å². The third-order valence-electron chi connectivity index (χ3n) is 3.69. The summed E-state index contributed by atoms with van der Waals surface area (Å²) in [4.78, 5) is 0. The first-order valence-electron chi connectivity index (χ1n) is 6.57. The second-order valence-electron chi connectivity index (χ2n) is 5.46. The van der Waals surface area contributed by atoms with Crippen molar-refractivity contribution >= 4 is 28.9 Å². The monoisotopic (exact) mass is 323 g/mol. The Hall–Kier alpha value is -0.740. The lowest BCUT2D eigenvalue weighted by atomic mass is 9.73. The Labute approximate surface area is 127 Å². The van der Waals surface area contributed by atoms with Crippen LogP contribution in [-0.2, 0) is 0 Å². The molecule has 6 heteroatoms. The first-order valence-corrected chi connectivity index (χ1v) is 7.32. The third kappa shape index (κ3) is 3.67. The van der Waals surface area contributed by atoms with Gasteiger partial charge in [0.25, 0.3) is 0 Å². The van der Waals surface area contributed by atoms with Gasteiger partial charge in [0.05, 0.1) is 10.0 Å². The Morgan fingerprint density at radius 2 is 1.75 bits per heavy atom. The van der Waals surface area contributed by atoms with Crippen molar-refractivity contribution in [3.05, 3.63) is 22.2 Å². The van der Waals surface area contributed by atoms with Crippen LogP contribution in [0, 0.1) is 11.8 Å². The van der Waals surface area contributed by atoms with Gasteiger partial charge in [0.2, 0.25) is 0 Å². The fourth-order valence-electron chi connectivity index (χ4n) is 2.40. The summed E-state index contributed by atoms with van der Waals surface area (Å²) < 4.78 is 28.7. The summed E-state index contributed by atoms with van der Waals surface area (Å²) in [5, 5.41) is 3.48. The minimum absolute atomic E-state index is 0.0834. The molecule has 2 rings (SSSR count). The molecule has 0 amide bonds. The molecule has 1 fully saturated rings. The highest BCUT2D eigenvalue weighted by molar-refractivity contribution is 6.37. The fourth-order valence-corrected chi connectivity index (χ4v) is 2.98. The number of hydrogen-bond donors (Lipinski definition) is 1. The molecule has 1 N–H and O–H groups in total. The fraction of sp³-hybridized carbons (Fsp3) is 0.571. The van der Waals surface area contributed by atoms with Gasteiger partial charge in [-0.2, -0.15) is 8.78 Å². The maximum atomic E-state index is 12.2. The van der Waals surface area contributed by atoms with Crippen molar-refractivity contribution in [2.24, 2.45) is 11.8 Å². The smallest absolute Gasteiger partial charge is 0.387 e. The molecule has 0 bridgehead atoms. The van der Waals surface area contributed by atoms with Crippen molar-refractivity contribution in [2.75, 3.05) is 5.32 Å². The highest BCUT2D eigenvalue weighted by Crippen LogP contribution is 2.39. The van der Waals surface area contributed by atoms with E-state index in [2.05, 4.69) is 23.9 Å². The number of halogens is 4. The molecule has 0 aromatic heterocycles. The summed E-state index contributed by atoms with van der Waals surface area (Å²) in [6.07, 6.45) is 2.20. The van der Waals surface area contributed by atoms with Crippen LogP contribution in [0.5, 0.6) is 5.75 Å². The van der Waals surface area contributed by atoms with Crippen molar-refractivity contribution in [3.8, 4) is 5.75 Å². The van der Waals surface area contributed by atoms with Gasteiger partial charge >= 0.3 is 6.61 Å². The van der Waals surface area contributed by atoms with Crippen LogP contribution in [0.4, 0.5) is 14.5 Å². The first kappa shape index (κ1) is 15.6. The van der Waals surface area contributed by atoms with E-state index in [0.717, 1.165) is 24.4 Å². The zero-order valence-corrected chi connectivity index (χ0v) is 12.8. The zero-order valence-electron chi connectivity index (χ0n) is 11.3. The molecule has 1 aromatic rings. The van der Waals surface area contributed by atoms with E-state index in [-0.39, 0.29) is 15.8 Å². The quantitative estimate of drug-likeness (QED) is 0.778. The number of ether oxygens (including phenoxy) is 1. The highest BCUT2D eigenvalue weighted by Gasteiger charge is 2.31. The molecule has 1 aliphatic carbocycles. The normalized spacial score (nSPS) is 22.0. The van der Waals surface area contributed by atoms with E-state index < -0.39 is 6.61 Å². The predicted molar refractivity (Wildman–Crippen MR) is 78.1 cm³/mol. The van der Waals surface area contributed by atoms with Crippen molar-refractivity contribution < 1.29 is 13.5 Å². The Kier molecular flexibility index (Phi) is 4.97. The lowest BCUT2D eigenvalue weighted by molar-refractivity contribution is -0.0497. The number of anilines is 1. The zero-order chi connectivity index (χ0) is 14.9. The summed E-state index contributed by atoms with van der Waals surface area (Å²) >= 11 is 11.8. The van der Waals surface area contributed by atoms with Crippen LogP contribution in [0.25, 0.3) is 0 Å². The van der Waals surface area contributed by atoms with E-state index in [1.54, 1.807) is 12.1 Å². The van der Waals surface area contributed by atoms with Crippen molar-refractivity contribution in [3.63, 3.8) is 0 Å². The lowest BCUT2D eigenvalue weighted by Crippen LogP contribution is -2.37. The van der Waals surface area contributed by atoms with Gasteiger partial charge in [0.15, 0.2) is 5.75 Å². The largest absolute Gasteiger partial charge is 0.432 e. The van der Waals surface area contributed by atoms with Crippen LogP contribution < -0.4 is 10.1 Å². The Bertz CT molecular complexity index is 453. The predicted octanol–water partition coefficient (Wildman–Crippen LogP) is 5.44. The standard InChI is InChI=1S/C14H17Cl2F2NO/c1-7(2)8-3-9(4-8)19-10-5-11(15)13(12(16)6-10)20-14(17)18/h5-9,14,19H,3-4H2,1-2H3. The number of alkyl halides is 2. The van der Waals surface area contributed by atoms with Crippen LogP contribution >= 0.6 is 23.2 Å². The van der Waals surface area contributed by atoms with Crippen LogP contribution in [0.3, 0.4) is 0 Å². The molecular formula is C14H17Cl2F2NO. The number of rotatable bonds is 5. The lowest BCUT2D eigenvalue weighted by Gasteiger charge is -2.39. The molecule has 0 spiro atoms. The number of nitrogens with one attached hydrogen (secondary N) is 1. The first-order chi connectivity index (χ1) is 9.36. The van der Waals surface area contributed by atoms with Crippen molar-refractivity contribution in [1.29, 1.82) is 0 Å². The van der Waals surface area contributed by atoms with E-state index in [1.807, 2.05) is 0 Å². The van der Waals surface area contributed by atoms with E-state index >= 15 is 0 Å². The molecule has 0 atom stereocenters. The SMILES string of the molecule is CC(C)C1CC(Nc2cc(Cl)c(OC(F)F)c(Cl)c2)C1. The average Bonchev–Trinajstić information content (AvgIpc) is 2.27. The van der Waals surface area contributed by atoms with Crippen LogP contribution in [-0.4, -0.2) is 12.7 Å². The summed E-state index contributed by atoms with van der Waals surface area (Å²) in [6, 6.07) is 3.51. The minimum atomic E-state index is -2.94. The van der Waals surface area contributed by atoms with Crippen LogP contribution in [0.1, 0.15) is 26.7 Å². The molecule has 1 aliphatic rings. The highest BCUT2D eigenvalue weighted by atomic mass is 35.5. The number of hydrogen-bond acceptors (Lipinski definition) is 2. The summed E-state index contributed by atoms with van der Waals surface area (Å²) in [5.74, 6) is 1.24. The maximum Gasteiger partial charge on any atom is 0.387 e. The third-order valence-corrected chi connectivity index (χ3v) is 4.25. The molecule has 0 unspecified atom stereocenters. The van der Waals surface area contributed by atoms with E-state index in [0.29, 0.717) is 12.0 Å². The molecule has 0 aliphatic heterocycles. The van der Waals surface area contributed by atoms with E-state index in [1.165, 1.54) is 0 Å². The Morgan fingerprint density at radius 3 is 2.20 bits per heavy atom. The second kappa shape index (κ2) is 6.35. The van der Waals surface area contributed by atoms with Crippen LogP contribution in [0.15, 0.2) is 12.1 Å². The maximum absolute atomic E-state index is 12.2. The summed E-state index contributed by atoms with van der Waals surface area (Å²) in [7, 11) is 0. The van der Waals surface area contributed by atoms with Crippen molar-refractivity contribution in [1.82, 2.24) is 0 Å². The molecule has 2 nitrogen and oxygen atoms in total. The number of benzene rings is 1. The summed E-state index contributed by atoms with van der Waals surface area (Å²) in [5.41, 5.74) is 0.730. The molecule has 0 radical (unpaired) electrons. The average molecular weight is 324 g/mol. The van der Waals surface area contributed by atoms with Gasteiger partial charge in [-0.25, -0.2) is 0 Å². The molecule has 112 valence electrons. The second-order valence-corrected chi connectivity index (χ2v) is 6.28. The molecule has 20 heavy (non-hydrogen) atoms.